The Morgan fingerprint density at radius 1 is 1.14 bits per heavy atom. The number of aliphatic hydroxyl groups is 3. The Bertz CT molecular complexity index is 708. The summed E-state index contributed by atoms with van der Waals surface area (Å²) in [5, 5.41) is 28.4. The van der Waals surface area contributed by atoms with Crippen LogP contribution in [0.15, 0.2) is 35.8 Å². The molecule has 1 aliphatic heterocycles. The lowest BCUT2D eigenvalue weighted by molar-refractivity contribution is -0.148. The molecule has 0 aromatic heterocycles. The fourth-order valence-electron chi connectivity index (χ4n) is 3.15. The van der Waals surface area contributed by atoms with Gasteiger partial charge in [-0.1, -0.05) is 63.3 Å². The summed E-state index contributed by atoms with van der Waals surface area (Å²) in [6, 6.07) is 7.28. The fraction of sp³-hybridized carbons (Fsp3) is 0.545. The highest BCUT2D eigenvalue weighted by atomic mass is 16.6. The summed E-state index contributed by atoms with van der Waals surface area (Å²) in [4.78, 5) is 23.8. The smallest absolute Gasteiger partial charge is 0.378 e. The summed E-state index contributed by atoms with van der Waals surface area (Å²) in [5.74, 6) is -2.55. The van der Waals surface area contributed by atoms with E-state index in [0.717, 1.165) is 12.8 Å². The van der Waals surface area contributed by atoms with E-state index < -0.39 is 37.2 Å². The third-order valence-corrected chi connectivity index (χ3v) is 4.91. The van der Waals surface area contributed by atoms with Crippen molar-refractivity contribution in [3.63, 3.8) is 0 Å². The molecule has 0 fully saturated rings. The van der Waals surface area contributed by atoms with Gasteiger partial charge >= 0.3 is 5.97 Å². The zero-order chi connectivity index (χ0) is 21.2. The molecule has 3 N–H and O–H groups in total. The van der Waals surface area contributed by atoms with E-state index in [9.17, 15) is 19.8 Å². The number of hydrogen-bond acceptors (Lipinski definition) is 7. The van der Waals surface area contributed by atoms with Crippen LogP contribution in [0.3, 0.4) is 0 Å². The standard InChI is InChI=1S/C22H30O7/c1-2-3-4-5-6-7-8-15-9-11-16(12-10-15)18(25)14-28-21-19(26)22(27)29-20(21)17(24)13-23/h9-12,17,20,23-24,26H,2-8,13-14H2,1H3. The second-order valence-corrected chi connectivity index (χ2v) is 7.22. The Labute approximate surface area is 171 Å². The van der Waals surface area contributed by atoms with Crippen LogP contribution in [0, 0.1) is 0 Å². The molecule has 0 bridgehead atoms. The number of ketones is 1. The SMILES string of the molecule is CCCCCCCCc1ccc(C(=O)COC2=C(O)C(=O)OC2C(O)CO)cc1. The van der Waals surface area contributed by atoms with E-state index in [2.05, 4.69) is 6.92 Å². The number of cyclic esters (lactones) is 1. The van der Waals surface area contributed by atoms with Crippen LogP contribution in [0.4, 0.5) is 0 Å². The first kappa shape index (κ1) is 22.9. The summed E-state index contributed by atoms with van der Waals surface area (Å²) in [6.07, 6.45) is 5.57. The van der Waals surface area contributed by atoms with Crippen molar-refractivity contribution >= 4 is 11.8 Å². The van der Waals surface area contributed by atoms with Crippen molar-refractivity contribution in [1.29, 1.82) is 0 Å². The number of Topliss-reactive ketones (excluding diaryl/α,β-unsaturated/α-hetero) is 1. The highest BCUT2D eigenvalue weighted by Gasteiger charge is 2.40. The zero-order valence-electron chi connectivity index (χ0n) is 16.8. The number of esters is 1. The van der Waals surface area contributed by atoms with Crippen molar-refractivity contribution in [3.05, 3.63) is 46.9 Å². The number of carbonyl (C=O) groups excluding carboxylic acids is 2. The quantitative estimate of drug-likeness (QED) is 0.262. The van der Waals surface area contributed by atoms with E-state index in [1.165, 1.54) is 37.7 Å². The summed E-state index contributed by atoms with van der Waals surface area (Å²) < 4.78 is 9.99. The molecule has 0 amide bonds. The number of aryl methyl sites for hydroxylation is 1. The molecule has 1 aromatic rings. The van der Waals surface area contributed by atoms with Crippen LogP contribution in [0.25, 0.3) is 0 Å². The maximum Gasteiger partial charge on any atom is 0.378 e. The first-order valence-electron chi connectivity index (χ1n) is 10.2. The van der Waals surface area contributed by atoms with E-state index in [1.54, 1.807) is 12.1 Å². The lowest BCUT2D eigenvalue weighted by atomic mass is 10.0. The van der Waals surface area contributed by atoms with Gasteiger partial charge in [-0.25, -0.2) is 4.79 Å². The van der Waals surface area contributed by atoms with Crippen molar-refractivity contribution in [2.45, 2.75) is 64.1 Å². The lowest BCUT2D eigenvalue weighted by Gasteiger charge is -2.18. The molecule has 0 saturated carbocycles. The van der Waals surface area contributed by atoms with Gasteiger partial charge in [0.25, 0.3) is 0 Å². The van der Waals surface area contributed by atoms with Crippen LogP contribution in [0.1, 0.15) is 61.4 Å². The summed E-state index contributed by atoms with van der Waals surface area (Å²) >= 11 is 0. The minimum atomic E-state index is -1.45. The molecule has 7 heteroatoms. The van der Waals surface area contributed by atoms with Gasteiger partial charge in [0.15, 0.2) is 24.3 Å². The highest BCUT2D eigenvalue weighted by Crippen LogP contribution is 2.25. The molecule has 2 rings (SSSR count). The van der Waals surface area contributed by atoms with Crippen molar-refractivity contribution in [3.8, 4) is 0 Å². The fourth-order valence-corrected chi connectivity index (χ4v) is 3.15. The topological polar surface area (TPSA) is 113 Å². The molecule has 2 atom stereocenters. The summed E-state index contributed by atoms with van der Waals surface area (Å²) in [6.45, 7) is 1.08. The van der Waals surface area contributed by atoms with Gasteiger partial charge in [-0.05, 0) is 18.4 Å². The summed E-state index contributed by atoms with van der Waals surface area (Å²) in [7, 11) is 0. The third kappa shape index (κ3) is 6.58. The first-order chi connectivity index (χ1) is 14.0. The number of rotatable bonds is 13. The number of benzene rings is 1. The first-order valence-corrected chi connectivity index (χ1v) is 10.2. The number of aliphatic hydroxyl groups excluding tert-OH is 3. The van der Waals surface area contributed by atoms with Crippen molar-refractivity contribution in [2.24, 2.45) is 0 Å². The van der Waals surface area contributed by atoms with Crippen molar-refractivity contribution in [1.82, 2.24) is 0 Å². The highest BCUT2D eigenvalue weighted by molar-refractivity contribution is 5.97. The van der Waals surface area contributed by atoms with Crippen LogP contribution >= 0.6 is 0 Å². The molecule has 0 spiro atoms. The molecule has 0 aliphatic carbocycles. The van der Waals surface area contributed by atoms with Gasteiger partial charge in [-0.15, -0.1) is 0 Å². The van der Waals surface area contributed by atoms with Gasteiger partial charge in [0.2, 0.25) is 5.76 Å². The van der Waals surface area contributed by atoms with Crippen molar-refractivity contribution in [2.75, 3.05) is 13.2 Å². The van der Waals surface area contributed by atoms with E-state index >= 15 is 0 Å². The molecule has 1 heterocycles. The molecule has 0 saturated heterocycles. The molecule has 7 nitrogen and oxygen atoms in total. The van der Waals surface area contributed by atoms with E-state index in [0.29, 0.717) is 5.56 Å². The average molecular weight is 406 g/mol. The minimum absolute atomic E-state index is 0.340. The third-order valence-electron chi connectivity index (χ3n) is 4.91. The second-order valence-electron chi connectivity index (χ2n) is 7.22. The predicted molar refractivity (Wildman–Crippen MR) is 106 cm³/mol. The van der Waals surface area contributed by atoms with Gasteiger partial charge in [0.05, 0.1) is 6.61 Å². The van der Waals surface area contributed by atoms with E-state index in [1.807, 2.05) is 12.1 Å². The Morgan fingerprint density at radius 3 is 2.45 bits per heavy atom. The maximum absolute atomic E-state index is 12.3. The van der Waals surface area contributed by atoms with Gasteiger partial charge in [0, 0.05) is 5.56 Å². The van der Waals surface area contributed by atoms with Crippen LogP contribution in [0.2, 0.25) is 0 Å². The predicted octanol–water partition coefficient (Wildman–Crippen LogP) is 2.84. The maximum atomic E-state index is 12.3. The Hall–Kier alpha value is -2.38. The number of ether oxygens (including phenoxy) is 2. The monoisotopic (exact) mass is 406 g/mol. The molecular weight excluding hydrogens is 376 g/mol. The molecule has 160 valence electrons. The average Bonchev–Trinajstić information content (AvgIpc) is 3.02. The molecule has 1 aliphatic rings. The van der Waals surface area contributed by atoms with Gasteiger partial charge in [-0.3, -0.25) is 4.79 Å². The summed E-state index contributed by atoms with van der Waals surface area (Å²) in [5.41, 5.74) is 1.61. The molecular formula is C22H30O7. The van der Waals surface area contributed by atoms with E-state index in [-0.39, 0.29) is 11.5 Å². The Kier molecular flexibility index (Phi) is 9.15. The minimum Gasteiger partial charge on any atom is -0.499 e. The molecule has 29 heavy (non-hydrogen) atoms. The van der Waals surface area contributed by atoms with Gasteiger partial charge in [0.1, 0.15) is 6.10 Å². The largest absolute Gasteiger partial charge is 0.499 e. The van der Waals surface area contributed by atoms with Crippen LogP contribution in [-0.4, -0.2) is 52.5 Å². The van der Waals surface area contributed by atoms with E-state index in [4.69, 9.17) is 14.6 Å². The molecule has 1 aromatic carbocycles. The lowest BCUT2D eigenvalue weighted by Crippen LogP contribution is -2.33. The molecule has 2 unspecified atom stereocenters. The number of hydrogen-bond donors (Lipinski definition) is 3. The van der Waals surface area contributed by atoms with Crippen LogP contribution in [0.5, 0.6) is 0 Å². The zero-order valence-corrected chi connectivity index (χ0v) is 16.8. The number of carbonyl (C=O) groups is 2. The Morgan fingerprint density at radius 2 is 1.79 bits per heavy atom. The molecule has 0 radical (unpaired) electrons. The van der Waals surface area contributed by atoms with Crippen molar-refractivity contribution < 1.29 is 34.4 Å². The number of unbranched alkanes of at least 4 members (excludes halogenated alkanes) is 5. The Balaban J connectivity index is 1.84. The van der Waals surface area contributed by atoms with Crippen LogP contribution < -0.4 is 0 Å². The van der Waals surface area contributed by atoms with Gasteiger partial charge < -0.3 is 24.8 Å². The second kappa shape index (κ2) is 11.6. The van der Waals surface area contributed by atoms with Crippen LogP contribution in [-0.2, 0) is 20.7 Å². The normalized spacial score (nSPS) is 17.3. The van der Waals surface area contributed by atoms with Gasteiger partial charge in [-0.2, -0.15) is 0 Å².